The molecular formula is C12H23N7. The minimum absolute atomic E-state index is 0.418. The van der Waals surface area contributed by atoms with Gasteiger partial charge in [0.2, 0.25) is 0 Å². The molecule has 7 nitrogen and oxygen atoms in total. The summed E-state index contributed by atoms with van der Waals surface area (Å²) in [5, 5.41) is 7.34. The van der Waals surface area contributed by atoms with Crippen LogP contribution in [0.5, 0.6) is 0 Å². The molecule has 1 aliphatic rings. The quantitative estimate of drug-likeness (QED) is 0.564. The van der Waals surface area contributed by atoms with Gasteiger partial charge in [0, 0.05) is 19.6 Å². The van der Waals surface area contributed by atoms with Gasteiger partial charge < -0.3 is 11.1 Å². The van der Waals surface area contributed by atoms with Gasteiger partial charge in [0.05, 0.1) is 0 Å². The maximum atomic E-state index is 5.85. The minimum atomic E-state index is 0.418. The van der Waals surface area contributed by atoms with Crippen LogP contribution in [-0.2, 0) is 13.6 Å². The van der Waals surface area contributed by atoms with Crippen molar-refractivity contribution in [2.45, 2.75) is 32.4 Å². The highest BCUT2D eigenvalue weighted by molar-refractivity contribution is 5.77. The van der Waals surface area contributed by atoms with Gasteiger partial charge in [0.15, 0.2) is 11.8 Å². The number of nitrogens with zero attached hydrogens (tertiary/aromatic N) is 5. The van der Waals surface area contributed by atoms with Crippen molar-refractivity contribution in [3.05, 3.63) is 12.2 Å². The Morgan fingerprint density at radius 3 is 3.16 bits per heavy atom. The van der Waals surface area contributed by atoms with Gasteiger partial charge in [-0.05, 0) is 25.9 Å². The molecular weight excluding hydrogens is 242 g/mol. The lowest BCUT2D eigenvalue weighted by atomic mass is 10.2. The van der Waals surface area contributed by atoms with Gasteiger partial charge in [-0.15, -0.1) is 0 Å². The van der Waals surface area contributed by atoms with Gasteiger partial charge >= 0.3 is 0 Å². The highest BCUT2D eigenvalue weighted by Crippen LogP contribution is 2.15. The van der Waals surface area contributed by atoms with Crippen LogP contribution in [-0.4, -0.2) is 51.3 Å². The van der Waals surface area contributed by atoms with E-state index in [1.165, 1.54) is 19.4 Å². The van der Waals surface area contributed by atoms with Crippen molar-refractivity contribution in [2.75, 3.05) is 19.6 Å². The third-order valence-electron chi connectivity index (χ3n) is 3.46. The molecule has 1 aromatic heterocycles. The zero-order chi connectivity index (χ0) is 13.7. The van der Waals surface area contributed by atoms with E-state index in [9.17, 15) is 0 Å². The Labute approximate surface area is 113 Å². The van der Waals surface area contributed by atoms with Gasteiger partial charge in [-0.1, -0.05) is 6.92 Å². The molecule has 1 unspecified atom stereocenters. The fraction of sp³-hybridized carbons (Fsp3) is 0.750. The fourth-order valence-electron chi connectivity index (χ4n) is 2.43. The number of aliphatic imine (C=N–C) groups is 1. The zero-order valence-electron chi connectivity index (χ0n) is 11.7. The summed E-state index contributed by atoms with van der Waals surface area (Å²) in [6.45, 7) is 5.77. The minimum Gasteiger partial charge on any atom is -0.370 e. The first-order chi connectivity index (χ1) is 9.19. The molecule has 0 radical (unpaired) electrons. The zero-order valence-corrected chi connectivity index (χ0v) is 11.7. The highest BCUT2D eigenvalue weighted by Gasteiger charge is 2.22. The Hall–Kier alpha value is -1.63. The molecule has 106 valence electrons. The second-order valence-electron chi connectivity index (χ2n) is 4.84. The number of hydrogen-bond acceptors (Lipinski definition) is 4. The fourth-order valence-corrected chi connectivity index (χ4v) is 2.43. The molecule has 0 amide bonds. The molecule has 3 N–H and O–H groups in total. The van der Waals surface area contributed by atoms with Crippen LogP contribution >= 0.6 is 0 Å². The van der Waals surface area contributed by atoms with Crippen molar-refractivity contribution in [2.24, 2.45) is 17.8 Å². The average Bonchev–Trinajstić information content (AvgIpc) is 3.02. The molecule has 0 aliphatic carbocycles. The van der Waals surface area contributed by atoms with Crippen molar-refractivity contribution in [3.8, 4) is 0 Å². The van der Waals surface area contributed by atoms with Crippen LogP contribution in [0.25, 0.3) is 0 Å². The molecule has 0 saturated carbocycles. The summed E-state index contributed by atoms with van der Waals surface area (Å²) in [5.41, 5.74) is 5.85. The second kappa shape index (κ2) is 6.51. The lowest BCUT2D eigenvalue weighted by Gasteiger charge is -2.23. The number of nitrogens with two attached hydrogens (primary N) is 1. The molecule has 0 spiro atoms. The number of guanidine groups is 1. The van der Waals surface area contributed by atoms with Crippen LogP contribution in [0.3, 0.4) is 0 Å². The number of aryl methyl sites for hydroxylation is 1. The number of rotatable bonds is 5. The summed E-state index contributed by atoms with van der Waals surface area (Å²) in [5.74, 6) is 1.15. The number of aromatic nitrogens is 3. The highest BCUT2D eigenvalue weighted by atomic mass is 15.3. The topological polar surface area (TPSA) is 84.4 Å². The molecule has 0 bridgehead atoms. The number of hydrogen-bond donors (Lipinski definition) is 2. The normalized spacial score (nSPS) is 20.9. The van der Waals surface area contributed by atoms with E-state index in [0.29, 0.717) is 24.4 Å². The van der Waals surface area contributed by atoms with E-state index in [0.717, 1.165) is 13.1 Å². The monoisotopic (exact) mass is 265 g/mol. The van der Waals surface area contributed by atoms with Crippen molar-refractivity contribution < 1.29 is 0 Å². The molecule has 19 heavy (non-hydrogen) atoms. The van der Waals surface area contributed by atoms with E-state index >= 15 is 0 Å². The summed E-state index contributed by atoms with van der Waals surface area (Å²) in [4.78, 5) is 10.8. The molecule has 1 aliphatic heterocycles. The molecule has 1 fully saturated rings. The molecule has 1 aromatic rings. The molecule has 1 saturated heterocycles. The number of nitrogens with one attached hydrogen (secondary N) is 1. The van der Waals surface area contributed by atoms with Crippen LogP contribution < -0.4 is 11.1 Å². The SMILES string of the molecule is CCN1CCCC1CNC(N)=NCc1ncn(C)n1. The van der Waals surface area contributed by atoms with Crippen LogP contribution in [0, 0.1) is 0 Å². The largest absolute Gasteiger partial charge is 0.370 e. The third kappa shape index (κ3) is 3.92. The molecule has 1 atom stereocenters. The predicted octanol–water partition coefficient (Wildman–Crippen LogP) is -0.296. The van der Waals surface area contributed by atoms with Crippen molar-refractivity contribution in [1.29, 1.82) is 0 Å². The van der Waals surface area contributed by atoms with Crippen molar-refractivity contribution >= 4 is 5.96 Å². The lowest BCUT2D eigenvalue weighted by molar-refractivity contribution is 0.267. The summed E-state index contributed by atoms with van der Waals surface area (Å²) in [6, 6.07) is 0.576. The van der Waals surface area contributed by atoms with E-state index in [4.69, 9.17) is 5.73 Å². The molecule has 2 rings (SSSR count). The summed E-state index contributed by atoms with van der Waals surface area (Å²) in [6.07, 6.45) is 4.16. The Morgan fingerprint density at radius 2 is 2.47 bits per heavy atom. The maximum absolute atomic E-state index is 5.85. The summed E-state index contributed by atoms with van der Waals surface area (Å²) >= 11 is 0. The maximum Gasteiger partial charge on any atom is 0.189 e. The van der Waals surface area contributed by atoms with Gasteiger partial charge in [0.25, 0.3) is 0 Å². The predicted molar refractivity (Wildman–Crippen MR) is 74.6 cm³/mol. The summed E-state index contributed by atoms with van der Waals surface area (Å²) in [7, 11) is 1.83. The first-order valence-corrected chi connectivity index (χ1v) is 6.81. The Balaban J connectivity index is 1.76. The van der Waals surface area contributed by atoms with E-state index in [2.05, 4.69) is 32.2 Å². The number of likely N-dealkylation sites (tertiary alicyclic amines) is 1. The van der Waals surface area contributed by atoms with E-state index < -0.39 is 0 Å². The standard InChI is InChI=1S/C12H23N7/c1-3-19-6-4-5-10(19)7-14-12(13)15-8-11-16-9-18(2)17-11/h9-10H,3-8H2,1-2H3,(H3,13,14,15). The van der Waals surface area contributed by atoms with Crippen molar-refractivity contribution in [3.63, 3.8) is 0 Å². The van der Waals surface area contributed by atoms with Gasteiger partial charge in [-0.25, -0.2) is 9.98 Å². The van der Waals surface area contributed by atoms with Gasteiger partial charge in [0.1, 0.15) is 12.9 Å². The van der Waals surface area contributed by atoms with E-state index in [1.807, 2.05) is 7.05 Å². The first-order valence-electron chi connectivity index (χ1n) is 6.81. The Kier molecular flexibility index (Phi) is 4.73. The number of likely N-dealkylation sites (N-methyl/N-ethyl adjacent to an activating group) is 1. The Morgan fingerprint density at radius 1 is 1.63 bits per heavy atom. The van der Waals surface area contributed by atoms with Crippen LogP contribution in [0.1, 0.15) is 25.6 Å². The van der Waals surface area contributed by atoms with Crippen LogP contribution in [0.15, 0.2) is 11.3 Å². The van der Waals surface area contributed by atoms with E-state index in [-0.39, 0.29) is 0 Å². The van der Waals surface area contributed by atoms with Crippen molar-refractivity contribution in [1.82, 2.24) is 25.0 Å². The average molecular weight is 265 g/mol. The summed E-state index contributed by atoms with van der Waals surface area (Å²) < 4.78 is 1.66. The van der Waals surface area contributed by atoms with Crippen LogP contribution in [0.2, 0.25) is 0 Å². The Bertz CT molecular complexity index is 425. The molecule has 0 aromatic carbocycles. The van der Waals surface area contributed by atoms with Gasteiger partial charge in [-0.3, -0.25) is 9.58 Å². The van der Waals surface area contributed by atoms with Crippen LogP contribution in [0.4, 0.5) is 0 Å². The second-order valence-corrected chi connectivity index (χ2v) is 4.84. The first kappa shape index (κ1) is 13.8. The lowest BCUT2D eigenvalue weighted by Crippen LogP contribution is -2.42. The van der Waals surface area contributed by atoms with E-state index in [1.54, 1.807) is 11.0 Å². The van der Waals surface area contributed by atoms with Gasteiger partial charge in [-0.2, -0.15) is 5.10 Å². The molecule has 2 heterocycles. The smallest absolute Gasteiger partial charge is 0.189 e. The molecule has 7 heteroatoms. The third-order valence-corrected chi connectivity index (χ3v) is 3.46.